The first-order valence-corrected chi connectivity index (χ1v) is 16.1. The second kappa shape index (κ2) is 11.9. The number of thioether (sulfide) groups is 1. The van der Waals surface area contributed by atoms with E-state index in [4.69, 9.17) is 4.74 Å². The molecule has 1 N–H and O–H groups in total. The number of nitro benzene ring substituents is 1. The second-order valence-corrected chi connectivity index (χ2v) is 14.2. The van der Waals surface area contributed by atoms with E-state index in [0.717, 1.165) is 39.1 Å². The summed E-state index contributed by atoms with van der Waals surface area (Å²) in [6.45, 7) is 6.00. The molecule has 1 saturated heterocycles. The van der Waals surface area contributed by atoms with E-state index in [1.54, 1.807) is 31.4 Å². The summed E-state index contributed by atoms with van der Waals surface area (Å²) in [7, 11) is 1.54. The molecule has 3 aromatic carbocycles. The number of methoxy groups -OCH3 is 1. The van der Waals surface area contributed by atoms with E-state index < -0.39 is 39.7 Å². The van der Waals surface area contributed by atoms with Crippen LogP contribution in [0.2, 0.25) is 0 Å². The highest BCUT2D eigenvalue weighted by atomic mass is 32.2. The fraction of sp³-hybridized carbons (Fsp3) is 0.273. The van der Waals surface area contributed by atoms with Gasteiger partial charge >= 0.3 is 4.87 Å². The summed E-state index contributed by atoms with van der Waals surface area (Å²) >= 11 is 2.08. The maximum Gasteiger partial charge on any atom is 0.308 e. The summed E-state index contributed by atoms with van der Waals surface area (Å²) in [5, 5.41) is 13.6. The number of nitrogens with one attached hydrogen (secondary N) is 1. The molecule has 11 nitrogen and oxygen atoms in total. The van der Waals surface area contributed by atoms with Crippen LogP contribution < -0.4 is 19.8 Å². The van der Waals surface area contributed by atoms with Crippen molar-refractivity contribution in [3.8, 4) is 5.75 Å². The van der Waals surface area contributed by atoms with Gasteiger partial charge in [0, 0.05) is 28.6 Å². The van der Waals surface area contributed by atoms with Crippen molar-refractivity contribution in [3.05, 3.63) is 109 Å². The minimum Gasteiger partial charge on any atom is -0.497 e. The van der Waals surface area contributed by atoms with Gasteiger partial charge in [0.25, 0.3) is 5.69 Å². The minimum atomic E-state index is -0.882. The zero-order valence-corrected chi connectivity index (χ0v) is 27.0. The monoisotopic (exact) mass is 658 g/mol. The zero-order valence-electron chi connectivity index (χ0n) is 25.4. The third-order valence-electron chi connectivity index (χ3n) is 8.18. The Labute approximate surface area is 272 Å². The number of nitro groups is 1. The Morgan fingerprint density at radius 2 is 1.61 bits per heavy atom. The molecular weight excluding hydrogens is 629 g/mol. The molecule has 3 heterocycles. The van der Waals surface area contributed by atoms with Crippen molar-refractivity contribution < 1.29 is 24.0 Å². The molecule has 2 unspecified atom stereocenters. The summed E-state index contributed by atoms with van der Waals surface area (Å²) in [6.07, 6.45) is 0. The van der Waals surface area contributed by atoms with Gasteiger partial charge in [-0.3, -0.25) is 33.9 Å². The van der Waals surface area contributed by atoms with E-state index in [1.807, 2.05) is 24.3 Å². The van der Waals surface area contributed by atoms with Crippen LogP contribution in [-0.2, 0) is 26.3 Å². The molecule has 3 atom stereocenters. The Morgan fingerprint density at radius 1 is 0.957 bits per heavy atom. The number of rotatable bonds is 7. The molecule has 13 heteroatoms. The highest BCUT2D eigenvalue weighted by molar-refractivity contribution is 8.00. The standard InChI is InChI=1S/C33H30N4O7S2/c1-33(2,3)19-7-5-18(6-8-19)25-26-27(30(40)36(29(26)39)21-11-13-22(14-12-21)37(42)43)45-31-28(25)46-32(41)35(31)17-24(38)34-20-9-15-23(44-4)16-10-20/h5-16,25-27H,17H2,1-4H3,(H,34,38)/t25-,26?,27?/m0/s1. The summed E-state index contributed by atoms with van der Waals surface area (Å²) in [5.41, 5.74) is 2.34. The number of carbonyl (C=O) groups excluding carboxylic acids is 3. The predicted octanol–water partition coefficient (Wildman–Crippen LogP) is 5.56. The maximum atomic E-state index is 14.1. The quantitative estimate of drug-likeness (QED) is 0.155. The normalized spacial score (nSPS) is 19.0. The van der Waals surface area contributed by atoms with E-state index >= 15 is 0 Å². The van der Waals surface area contributed by atoms with Crippen LogP contribution in [0.5, 0.6) is 5.75 Å². The molecule has 4 aromatic rings. The van der Waals surface area contributed by atoms with E-state index in [0.29, 0.717) is 21.3 Å². The minimum absolute atomic E-state index is 0.119. The number of hydrogen-bond acceptors (Lipinski definition) is 9. The highest BCUT2D eigenvalue weighted by Crippen LogP contribution is 2.54. The van der Waals surface area contributed by atoms with Crippen LogP contribution in [0, 0.1) is 16.0 Å². The van der Waals surface area contributed by atoms with E-state index in [-0.39, 0.29) is 28.2 Å². The smallest absolute Gasteiger partial charge is 0.308 e. The number of amides is 3. The summed E-state index contributed by atoms with van der Waals surface area (Å²) in [4.78, 5) is 66.6. The highest BCUT2D eigenvalue weighted by Gasteiger charge is 2.57. The van der Waals surface area contributed by atoms with Crippen molar-refractivity contribution in [2.75, 3.05) is 17.3 Å². The number of benzene rings is 3. The van der Waals surface area contributed by atoms with Crippen LogP contribution in [-0.4, -0.2) is 39.6 Å². The second-order valence-electron chi connectivity index (χ2n) is 12.1. The molecule has 3 amide bonds. The Hall–Kier alpha value is -4.75. The summed E-state index contributed by atoms with van der Waals surface area (Å²) < 4.78 is 6.53. The number of nitrogens with zero attached hydrogens (tertiary/aromatic N) is 3. The average Bonchev–Trinajstić information content (AvgIpc) is 3.47. The van der Waals surface area contributed by atoms with E-state index in [9.17, 15) is 29.3 Å². The fourth-order valence-corrected chi connectivity index (χ4v) is 8.57. The van der Waals surface area contributed by atoms with Gasteiger partial charge in [-0.05, 0) is 52.9 Å². The third kappa shape index (κ3) is 5.60. The number of ether oxygens (including phenoxy) is 1. The maximum absolute atomic E-state index is 14.1. The summed E-state index contributed by atoms with van der Waals surface area (Å²) in [6, 6.07) is 19.9. The first-order chi connectivity index (χ1) is 21.9. The molecule has 0 bridgehead atoms. The molecule has 0 saturated carbocycles. The first-order valence-electron chi connectivity index (χ1n) is 14.4. The Bertz CT molecular complexity index is 1910. The number of hydrogen-bond donors (Lipinski definition) is 1. The first kappa shape index (κ1) is 31.2. The molecule has 236 valence electrons. The lowest BCUT2D eigenvalue weighted by Gasteiger charge is -2.31. The molecule has 2 aliphatic heterocycles. The number of imide groups is 1. The van der Waals surface area contributed by atoms with Gasteiger partial charge in [-0.1, -0.05) is 68.1 Å². The SMILES string of the molecule is COc1ccc(NC(=O)Cn2c3c(sc2=O)[C@@H](c2ccc(C(C)(C)C)cc2)C2C(=O)N(c4ccc([N+](=O)[O-])cc4)C(=O)C2S3)cc1. The summed E-state index contributed by atoms with van der Waals surface area (Å²) in [5.74, 6) is -2.19. The van der Waals surface area contributed by atoms with E-state index in [2.05, 4.69) is 26.1 Å². The van der Waals surface area contributed by atoms with Crippen LogP contribution in [0.3, 0.4) is 0 Å². The molecule has 0 spiro atoms. The third-order valence-corrected chi connectivity index (χ3v) is 10.8. The molecule has 1 fully saturated rings. The number of non-ortho nitro benzene ring substituents is 1. The van der Waals surface area contributed by atoms with Crippen LogP contribution in [0.25, 0.3) is 0 Å². The van der Waals surface area contributed by atoms with Gasteiger partial charge in [0.05, 0.1) is 28.7 Å². The predicted molar refractivity (Wildman–Crippen MR) is 176 cm³/mol. The number of anilines is 2. The molecular formula is C33H30N4O7S2. The van der Waals surface area contributed by atoms with Crippen LogP contribution in [0.4, 0.5) is 17.1 Å². The molecule has 0 radical (unpaired) electrons. The Kier molecular flexibility index (Phi) is 8.07. The van der Waals surface area contributed by atoms with Crippen molar-refractivity contribution in [2.24, 2.45) is 5.92 Å². The molecule has 46 heavy (non-hydrogen) atoms. The lowest BCUT2D eigenvalue weighted by atomic mass is 9.81. The molecule has 1 aromatic heterocycles. The van der Waals surface area contributed by atoms with Crippen LogP contribution >= 0.6 is 23.1 Å². The van der Waals surface area contributed by atoms with Crippen molar-refractivity contribution in [1.82, 2.24) is 4.57 Å². The Balaban J connectivity index is 1.39. The lowest BCUT2D eigenvalue weighted by molar-refractivity contribution is -0.384. The number of thiazole rings is 1. The van der Waals surface area contributed by atoms with Gasteiger partial charge in [-0.25, -0.2) is 4.90 Å². The fourth-order valence-electron chi connectivity index (χ4n) is 5.80. The lowest BCUT2D eigenvalue weighted by Crippen LogP contribution is -2.33. The van der Waals surface area contributed by atoms with Gasteiger partial charge in [0.15, 0.2) is 0 Å². The largest absolute Gasteiger partial charge is 0.497 e. The van der Waals surface area contributed by atoms with Gasteiger partial charge < -0.3 is 10.1 Å². The van der Waals surface area contributed by atoms with E-state index in [1.165, 1.54) is 28.8 Å². The topological polar surface area (TPSA) is 141 Å². The van der Waals surface area contributed by atoms with Gasteiger partial charge in [-0.2, -0.15) is 0 Å². The van der Waals surface area contributed by atoms with Gasteiger partial charge in [0.2, 0.25) is 17.7 Å². The number of fused-ring (bicyclic) bond motifs is 2. The molecule has 0 aliphatic carbocycles. The molecule has 2 aliphatic rings. The average molecular weight is 659 g/mol. The Morgan fingerprint density at radius 3 is 2.20 bits per heavy atom. The van der Waals surface area contributed by atoms with Crippen molar-refractivity contribution in [1.29, 1.82) is 0 Å². The van der Waals surface area contributed by atoms with Crippen molar-refractivity contribution >= 4 is 57.9 Å². The van der Waals surface area contributed by atoms with Gasteiger partial charge in [0.1, 0.15) is 17.5 Å². The van der Waals surface area contributed by atoms with Crippen LogP contribution in [0.15, 0.2) is 82.6 Å². The van der Waals surface area contributed by atoms with Crippen molar-refractivity contribution in [2.45, 2.75) is 48.9 Å². The zero-order chi connectivity index (χ0) is 32.9. The van der Waals surface area contributed by atoms with Gasteiger partial charge in [-0.15, -0.1) is 0 Å². The number of aromatic nitrogens is 1. The number of carbonyl (C=O) groups is 3. The van der Waals surface area contributed by atoms with Crippen LogP contribution in [0.1, 0.15) is 42.7 Å². The van der Waals surface area contributed by atoms with Crippen molar-refractivity contribution in [3.63, 3.8) is 0 Å². The molecule has 6 rings (SSSR count).